The number of hydrogen-bond donors (Lipinski definition) is 1. The zero-order chi connectivity index (χ0) is 20.4. The number of hydrogen-bond acceptors (Lipinski definition) is 5. The largest absolute Gasteiger partial charge is 0.325 e. The van der Waals surface area contributed by atoms with Crippen molar-refractivity contribution in [3.05, 3.63) is 45.4 Å². The normalized spacial score (nSPS) is 11.2. The SMILES string of the molecule is CCn1c(SCC(=O)Nc2ccc(C)cc2C)nc2c(C)nn(CC)c2c1=O. The average Bonchev–Trinajstić information content (AvgIpc) is 2.98. The highest BCUT2D eigenvalue weighted by Crippen LogP contribution is 2.21. The Bertz CT molecular complexity index is 1100. The van der Waals surface area contributed by atoms with Crippen molar-refractivity contribution in [1.82, 2.24) is 19.3 Å². The predicted octanol–water partition coefficient (Wildman–Crippen LogP) is 3.29. The predicted molar refractivity (Wildman–Crippen MR) is 113 cm³/mol. The van der Waals surface area contributed by atoms with E-state index in [4.69, 9.17) is 0 Å². The second-order valence-corrected chi connectivity index (χ2v) is 7.64. The standard InChI is InChI=1S/C20H25N5O2S/c1-6-24-19(27)18-17(14(5)23-25(18)7-2)22-20(24)28-11-16(26)21-15-9-8-12(3)10-13(15)4/h8-10H,6-7,11H2,1-5H3,(H,21,26). The number of carbonyl (C=O) groups excluding carboxylic acids is 1. The minimum absolute atomic E-state index is 0.118. The van der Waals surface area contributed by atoms with Gasteiger partial charge in [0.25, 0.3) is 5.56 Å². The summed E-state index contributed by atoms with van der Waals surface area (Å²) in [4.78, 5) is 30.0. The van der Waals surface area contributed by atoms with Crippen LogP contribution in [0, 0.1) is 20.8 Å². The molecular weight excluding hydrogens is 374 g/mol. The Labute approximate surface area is 168 Å². The first-order valence-electron chi connectivity index (χ1n) is 9.33. The van der Waals surface area contributed by atoms with Crippen molar-refractivity contribution in [3.63, 3.8) is 0 Å². The second-order valence-electron chi connectivity index (χ2n) is 6.70. The summed E-state index contributed by atoms with van der Waals surface area (Å²) in [5, 5.41) is 7.87. The van der Waals surface area contributed by atoms with Crippen LogP contribution in [0.2, 0.25) is 0 Å². The van der Waals surface area contributed by atoms with E-state index in [1.54, 1.807) is 9.25 Å². The molecule has 3 rings (SSSR count). The van der Waals surface area contributed by atoms with Crippen LogP contribution in [0.4, 0.5) is 5.69 Å². The number of amides is 1. The van der Waals surface area contributed by atoms with Crippen LogP contribution < -0.4 is 10.9 Å². The van der Waals surface area contributed by atoms with Gasteiger partial charge in [0.2, 0.25) is 5.91 Å². The van der Waals surface area contributed by atoms with Crippen LogP contribution in [0.25, 0.3) is 11.0 Å². The van der Waals surface area contributed by atoms with Crippen molar-refractivity contribution >= 4 is 34.4 Å². The Hall–Kier alpha value is -2.61. The molecule has 0 spiro atoms. The number of carbonyl (C=O) groups is 1. The van der Waals surface area contributed by atoms with Crippen molar-refractivity contribution in [2.24, 2.45) is 0 Å². The molecule has 1 aromatic carbocycles. The Kier molecular flexibility index (Phi) is 5.88. The second kappa shape index (κ2) is 8.18. The maximum absolute atomic E-state index is 12.9. The monoisotopic (exact) mass is 399 g/mol. The number of fused-ring (bicyclic) bond motifs is 1. The minimum Gasteiger partial charge on any atom is -0.325 e. The van der Waals surface area contributed by atoms with E-state index < -0.39 is 0 Å². The van der Waals surface area contributed by atoms with Gasteiger partial charge in [-0.25, -0.2) is 4.98 Å². The lowest BCUT2D eigenvalue weighted by Gasteiger charge is -2.11. The molecule has 0 saturated carbocycles. The first kappa shape index (κ1) is 20.1. The molecule has 0 bridgehead atoms. The highest BCUT2D eigenvalue weighted by atomic mass is 32.2. The maximum atomic E-state index is 12.9. The zero-order valence-corrected chi connectivity index (χ0v) is 17.7. The van der Waals surface area contributed by atoms with Crippen molar-refractivity contribution in [3.8, 4) is 0 Å². The molecule has 0 aliphatic carbocycles. The van der Waals surface area contributed by atoms with Crippen LogP contribution in [-0.4, -0.2) is 31.0 Å². The summed E-state index contributed by atoms with van der Waals surface area (Å²) in [6.07, 6.45) is 0. The van der Waals surface area contributed by atoms with Crippen LogP contribution in [-0.2, 0) is 17.9 Å². The average molecular weight is 400 g/mol. The van der Waals surface area contributed by atoms with Gasteiger partial charge < -0.3 is 5.32 Å². The number of aryl methyl sites for hydroxylation is 4. The summed E-state index contributed by atoms with van der Waals surface area (Å²) >= 11 is 1.27. The quantitative estimate of drug-likeness (QED) is 0.508. The van der Waals surface area contributed by atoms with Gasteiger partial charge >= 0.3 is 0 Å². The topological polar surface area (TPSA) is 81.8 Å². The third kappa shape index (κ3) is 3.82. The molecule has 7 nitrogen and oxygen atoms in total. The molecule has 2 heterocycles. The van der Waals surface area contributed by atoms with Gasteiger partial charge in [-0.3, -0.25) is 18.8 Å². The molecule has 0 saturated heterocycles. The molecular formula is C20H25N5O2S. The fourth-order valence-electron chi connectivity index (χ4n) is 3.18. The molecule has 0 unspecified atom stereocenters. The number of benzene rings is 1. The molecule has 0 fully saturated rings. The summed E-state index contributed by atoms with van der Waals surface area (Å²) in [5.41, 5.74) is 4.70. The Morgan fingerprint density at radius 2 is 1.93 bits per heavy atom. The number of aromatic nitrogens is 4. The van der Waals surface area contributed by atoms with Gasteiger partial charge in [0.1, 0.15) is 5.52 Å². The summed E-state index contributed by atoms with van der Waals surface area (Å²) in [5.74, 6) is 0.0431. The third-order valence-electron chi connectivity index (χ3n) is 4.59. The summed E-state index contributed by atoms with van der Waals surface area (Å²) in [6.45, 7) is 10.8. The van der Waals surface area contributed by atoms with Crippen LogP contribution in [0.15, 0.2) is 28.2 Å². The molecule has 0 atom stereocenters. The molecule has 3 aromatic rings. The van der Waals surface area contributed by atoms with E-state index in [2.05, 4.69) is 15.4 Å². The van der Waals surface area contributed by atoms with Crippen molar-refractivity contribution < 1.29 is 4.79 Å². The summed E-state index contributed by atoms with van der Waals surface area (Å²) in [7, 11) is 0. The highest BCUT2D eigenvalue weighted by molar-refractivity contribution is 7.99. The fourth-order valence-corrected chi connectivity index (χ4v) is 4.03. The van der Waals surface area contributed by atoms with Gasteiger partial charge in [0, 0.05) is 18.8 Å². The van der Waals surface area contributed by atoms with Crippen LogP contribution in [0.3, 0.4) is 0 Å². The third-order valence-corrected chi connectivity index (χ3v) is 5.56. The number of anilines is 1. The van der Waals surface area contributed by atoms with Crippen molar-refractivity contribution in [1.29, 1.82) is 0 Å². The zero-order valence-electron chi connectivity index (χ0n) is 16.9. The Morgan fingerprint density at radius 3 is 2.57 bits per heavy atom. The van der Waals surface area contributed by atoms with Gasteiger partial charge in [-0.2, -0.15) is 5.10 Å². The Balaban J connectivity index is 1.84. The minimum atomic E-state index is -0.130. The molecule has 8 heteroatoms. The van der Waals surface area contributed by atoms with Crippen LogP contribution in [0.1, 0.15) is 30.7 Å². The van der Waals surface area contributed by atoms with E-state index in [1.807, 2.05) is 52.8 Å². The number of rotatable bonds is 6. The lowest BCUT2D eigenvalue weighted by Crippen LogP contribution is -2.25. The lowest BCUT2D eigenvalue weighted by atomic mass is 10.1. The molecule has 0 radical (unpaired) electrons. The number of thioether (sulfide) groups is 1. The van der Waals surface area contributed by atoms with Gasteiger partial charge in [-0.1, -0.05) is 29.5 Å². The fraction of sp³-hybridized carbons (Fsp3) is 0.400. The van der Waals surface area contributed by atoms with Crippen LogP contribution in [0.5, 0.6) is 0 Å². The number of nitrogens with zero attached hydrogens (tertiary/aromatic N) is 4. The number of nitrogens with one attached hydrogen (secondary N) is 1. The first-order chi connectivity index (χ1) is 13.3. The molecule has 148 valence electrons. The highest BCUT2D eigenvalue weighted by Gasteiger charge is 2.18. The summed E-state index contributed by atoms with van der Waals surface area (Å²) in [6, 6.07) is 5.90. The Morgan fingerprint density at radius 1 is 1.18 bits per heavy atom. The van der Waals surface area contributed by atoms with E-state index in [-0.39, 0.29) is 17.2 Å². The van der Waals surface area contributed by atoms with E-state index in [0.717, 1.165) is 22.5 Å². The first-order valence-corrected chi connectivity index (χ1v) is 10.3. The molecule has 1 amide bonds. The van der Waals surface area contributed by atoms with E-state index in [1.165, 1.54) is 11.8 Å². The lowest BCUT2D eigenvalue weighted by molar-refractivity contribution is -0.113. The molecule has 0 aliphatic heterocycles. The van der Waals surface area contributed by atoms with Gasteiger partial charge in [0.05, 0.1) is 11.4 Å². The maximum Gasteiger partial charge on any atom is 0.280 e. The van der Waals surface area contributed by atoms with E-state index >= 15 is 0 Å². The smallest absolute Gasteiger partial charge is 0.280 e. The molecule has 1 N–H and O–H groups in total. The van der Waals surface area contributed by atoms with Crippen molar-refractivity contribution in [2.75, 3.05) is 11.1 Å². The van der Waals surface area contributed by atoms with Gasteiger partial charge in [0.15, 0.2) is 10.7 Å². The molecule has 2 aromatic heterocycles. The summed E-state index contributed by atoms with van der Waals surface area (Å²) < 4.78 is 3.29. The van der Waals surface area contributed by atoms with E-state index in [9.17, 15) is 9.59 Å². The molecule has 28 heavy (non-hydrogen) atoms. The molecule has 0 aliphatic rings. The van der Waals surface area contributed by atoms with Gasteiger partial charge in [-0.15, -0.1) is 0 Å². The van der Waals surface area contributed by atoms with Crippen LogP contribution >= 0.6 is 11.8 Å². The van der Waals surface area contributed by atoms with Crippen molar-refractivity contribution in [2.45, 2.75) is 52.9 Å². The van der Waals surface area contributed by atoms with E-state index in [0.29, 0.717) is 29.3 Å². The van der Waals surface area contributed by atoms with Gasteiger partial charge in [-0.05, 0) is 46.2 Å².